The van der Waals surface area contributed by atoms with E-state index in [9.17, 15) is 14.7 Å². The summed E-state index contributed by atoms with van der Waals surface area (Å²) in [7, 11) is 0. The number of Topliss-reactive ketones (excluding diaryl/α,β-unsaturated/α-hetero) is 2. The number of aliphatic hydroxyl groups excluding tert-OH is 1. The van der Waals surface area contributed by atoms with Crippen LogP contribution in [0.25, 0.3) is 0 Å². The molecule has 0 radical (unpaired) electrons. The minimum Gasteiger partial charge on any atom is -0.384 e. The van der Waals surface area contributed by atoms with Crippen molar-refractivity contribution in [3.05, 3.63) is 57.2 Å². The van der Waals surface area contributed by atoms with Crippen molar-refractivity contribution in [2.24, 2.45) is 16.2 Å². The average molecular weight is 435 g/mol. The van der Waals surface area contributed by atoms with Gasteiger partial charge < -0.3 is 5.11 Å². The molecule has 1 aromatic carbocycles. The van der Waals surface area contributed by atoms with Crippen LogP contribution in [-0.4, -0.2) is 16.7 Å². The van der Waals surface area contributed by atoms with Gasteiger partial charge in [0.05, 0.1) is 11.0 Å². The van der Waals surface area contributed by atoms with Crippen molar-refractivity contribution < 1.29 is 14.7 Å². The maximum atomic E-state index is 13.9. The molecule has 3 aliphatic carbocycles. The molecule has 32 heavy (non-hydrogen) atoms. The Morgan fingerprint density at radius 3 is 2.47 bits per heavy atom. The van der Waals surface area contributed by atoms with E-state index in [2.05, 4.69) is 39.0 Å². The number of rotatable bonds is 4. The van der Waals surface area contributed by atoms with Crippen LogP contribution in [0, 0.1) is 16.2 Å². The molecule has 0 aromatic heterocycles. The minimum absolute atomic E-state index is 0.0550. The quantitative estimate of drug-likeness (QED) is 0.451. The first kappa shape index (κ1) is 23.2. The molecule has 3 heteroatoms. The molecule has 0 spiro atoms. The van der Waals surface area contributed by atoms with Gasteiger partial charge in [-0.25, -0.2) is 0 Å². The lowest BCUT2D eigenvalue weighted by Crippen LogP contribution is -2.56. The summed E-state index contributed by atoms with van der Waals surface area (Å²) in [5.74, 6) is -0.195. The van der Waals surface area contributed by atoms with Gasteiger partial charge in [-0.1, -0.05) is 56.5 Å². The molecule has 4 rings (SSSR count). The standard InChI is InChI=1S/C29H38O3/c1-8-9-11-20-12-10-13-21-15-27(5)16-28(6)14-17(2)22(19(4)30)26(32)29(28,7)18(3)24(27)25(31)23(20)21/h10,12-13,25,31H,8-9,11,14-16H2,1-7H3. The van der Waals surface area contributed by atoms with Gasteiger partial charge in [-0.05, 0) is 92.9 Å². The molecule has 172 valence electrons. The van der Waals surface area contributed by atoms with E-state index >= 15 is 0 Å². The van der Waals surface area contributed by atoms with Gasteiger partial charge in [0.2, 0.25) is 0 Å². The summed E-state index contributed by atoms with van der Waals surface area (Å²) >= 11 is 0. The Hall–Kier alpha value is -2.00. The van der Waals surface area contributed by atoms with Crippen LogP contribution in [0.5, 0.6) is 0 Å². The fraction of sp³-hybridized carbons (Fsp3) is 0.586. The van der Waals surface area contributed by atoms with Crippen LogP contribution in [0.15, 0.2) is 40.5 Å². The van der Waals surface area contributed by atoms with Crippen molar-refractivity contribution in [2.75, 3.05) is 0 Å². The Kier molecular flexibility index (Phi) is 5.44. The van der Waals surface area contributed by atoms with Crippen molar-refractivity contribution in [1.82, 2.24) is 0 Å². The van der Waals surface area contributed by atoms with E-state index in [1.54, 1.807) is 0 Å². The Bertz CT molecular complexity index is 1070. The lowest BCUT2D eigenvalue weighted by molar-refractivity contribution is -0.135. The normalized spacial score (nSPS) is 34.2. The number of allylic oxidation sites excluding steroid dienone is 3. The highest BCUT2D eigenvalue weighted by Gasteiger charge is 2.62. The largest absolute Gasteiger partial charge is 0.384 e. The number of fused-ring (bicyclic) bond motifs is 3. The van der Waals surface area contributed by atoms with Gasteiger partial charge in [0.25, 0.3) is 0 Å². The number of carbonyl (C=O) groups excluding carboxylic acids is 2. The smallest absolute Gasteiger partial charge is 0.176 e. The summed E-state index contributed by atoms with van der Waals surface area (Å²) < 4.78 is 0. The molecule has 3 aliphatic rings. The van der Waals surface area contributed by atoms with Crippen LogP contribution < -0.4 is 0 Å². The number of carbonyl (C=O) groups is 2. The molecule has 1 N–H and O–H groups in total. The number of hydrogen-bond donors (Lipinski definition) is 1. The van der Waals surface area contributed by atoms with Gasteiger partial charge in [0, 0.05) is 0 Å². The van der Waals surface area contributed by atoms with Crippen LogP contribution in [0.2, 0.25) is 0 Å². The van der Waals surface area contributed by atoms with Gasteiger partial charge in [-0.2, -0.15) is 0 Å². The molecule has 0 saturated heterocycles. The number of benzene rings is 1. The minimum atomic E-state index is -0.779. The molecule has 4 atom stereocenters. The fourth-order valence-electron chi connectivity index (χ4n) is 7.58. The predicted molar refractivity (Wildman–Crippen MR) is 128 cm³/mol. The van der Waals surface area contributed by atoms with E-state index in [0.717, 1.165) is 60.8 Å². The van der Waals surface area contributed by atoms with Gasteiger partial charge in [0.1, 0.15) is 6.10 Å². The van der Waals surface area contributed by atoms with E-state index in [0.29, 0.717) is 5.57 Å². The Balaban J connectivity index is 1.94. The van der Waals surface area contributed by atoms with Crippen molar-refractivity contribution in [3.63, 3.8) is 0 Å². The van der Waals surface area contributed by atoms with Gasteiger partial charge >= 0.3 is 0 Å². The highest BCUT2D eigenvalue weighted by Crippen LogP contribution is 2.67. The van der Waals surface area contributed by atoms with Crippen molar-refractivity contribution >= 4 is 11.6 Å². The molecule has 0 aliphatic heterocycles. The summed E-state index contributed by atoms with van der Waals surface area (Å²) in [6.45, 7) is 14.2. The lowest BCUT2D eigenvalue weighted by atomic mass is 9.42. The highest BCUT2D eigenvalue weighted by molar-refractivity contribution is 6.23. The van der Waals surface area contributed by atoms with Gasteiger partial charge in [-0.3, -0.25) is 9.59 Å². The third-order valence-electron chi connectivity index (χ3n) is 9.12. The Morgan fingerprint density at radius 1 is 1.16 bits per heavy atom. The number of hydrogen-bond acceptors (Lipinski definition) is 3. The second kappa shape index (κ2) is 7.52. The molecule has 0 saturated carbocycles. The molecule has 1 aromatic rings. The predicted octanol–water partition coefficient (Wildman–Crippen LogP) is 6.24. The zero-order chi connectivity index (χ0) is 23.6. The van der Waals surface area contributed by atoms with Crippen molar-refractivity contribution in [2.45, 2.75) is 93.1 Å². The Morgan fingerprint density at radius 2 is 1.84 bits per heavy atom. The molecule has 0 bridgehead atoms. The highest BCUT2D eigenvalue weighted by atomic mass is 16.3. The molecule has 0 amide bonds. The van der Waals surface area contributed by atoms with E-state index < -0.39 is 11.5 Å². The first-order valence-corrected chi connectivity index (χ1v) is 12.2. The van der Waals surface area contributed by atoms with Crippen LogP contribution in [-0.2, 0) is 22.4 Å². The topological polar surface area (TPSA) is 54.4 Å². The average Bonchev–Trinajstić information content (AvgIpc) is 2.68. The first-order valence-electron chi connectivity index (χ1n) is 12.2. The second-order valence-corrected chi connectivity index (χ2v) is 11.4. The molecule has 0 fully saturated rings. The maximum absolute atomic E-state index is 13.9. The van der Waals surface area contributed by atoms with Gasteiger partial charge in [0.15, 0.2) is 11.6 Å². The lowest BCUT2D eigenvalue weighted by Gasteiger charge is -2.60. The van der Waals surface area contributed by atoms with Crippen molar-refractivity contribution in [3.8, 4) is 0 Å². The molecule has 4 unspecified atom stereocenters. The van der Waals surface area contributed by atoms with Crippen LogP contribution >= 0.6 is 0 Å². The van der Waals surface area contributed by atoms with E-state index in [1.165, 1.54) is 18.1 Å². The Labute approximate surface area is 193 Å². The summed E-state index contributed by atoms with van der Waals surface area (Å²) in [6, 6.07) is 6.45. The summed E-state index contributed by atoms with van der Waals surface area (Å²) in [5, 5.41) is 11.8. The van der Waals surface area contributed by atoms with Crippen LogP contribution in [0.3, 0.4) is 0 Å². The summed E-state index contributed by atoms with van der Waals surface area (Å²) in [5.41, 5.74) is 5.56. The van der Waals surface area contributed by atoms with E-state index in [4.69, 9.17) is 0 Å². The number of aryl methyl sites for hydroxylation is 1. The number of ketones is 2. The molecule has 3 nitrogen and oxygen atoms in total. The third-order valence-corrected chi connectivity index (χ3v) is 9.12. The van der Waals surface area contributed by atoms with Gasteiger partial charge in [-0.15, -0.1) is 0 Å². The summed E-state index contributed by atoms with van der Waals surface area (Å²) in [6.07, 6.45) is 4.93. The first-order chi connectivity index (χ1) is 14.9. The molecular formula is C29H38O3. The number of aliphatic hydroxyl groups is 1. The molecule has 0 heterocycles. The maximum Gasteiger partial charge on any atom is 0.176 e. The monoisotopic (exact) mass is 434 g/mol. The zero-order valence-corrected chi connectivity index (χ0v) is 20.8. The fourth-order valence-corrected chi connectivity index (χ4v) is 7.58. The number of unbranched alkanes of at least 4 members (excludes halogenated alkanes) is 1. The molecular weight excluding hydrogens is 396 g/mol. The third kappa shape index (κ3) is 2.96. The zero-order valence-electron chi connectivity index (χ0n) is 20.8. The van der Waals surface area contributed by atoms with Crippen molar-refractivity contribution in [1.29, 1.82) is 0 Å². The van der Waals surface area contributed by atoms with Crippen LogP contribution in [0.4, 0.5) is 0 Å². The second-order valence-electron chi connectivity index (χ2n) is 11.4. The summed E-state index contributed by atoms with van der Waals surface area (Å²) in [4.78, 5) is 26.3. The van der Waals surface area contributed by atoms with Crippen LogP contribution in [0.1, 0.15) is 96.9 Å². The van der Waals surface area contributed by atoms with E-state index in [1.807, 2.05) is 20.8 Å². The van der Waals surface area contributed by atoms with E-state index in [-0.39, 0.29) is 22.4 Å². The SMILES string of the molecule is CCCCc1cccc2c1C(O)C1=C(C)C3(C)C(=O)C(C(C)=O)=C(C)CC3(C)CC1(C)C2.